The van der Waals surface area contributed by atoms with Gasteiger partial charge in [0.1, 0.15) is 5.82 Å². The molecule has 0 atom stereocenters. The maximum atomic E-state index is 4.18. The lowest BCUT2D eigenvalue weighted by Gasteiger charge is -2.03. The summed E-state index contributed by atoms with van der Waals surface area (Å²) < 4.78 is 4.16. The quantitative estimate of drug-likeness (QED) is 0.580. The molecule has 0 unspecified atom stereocenters. The highest BCUT2D eigenvalue weighted by molar-refractivity contribution is 7.99. The van der Waals surface area contributed by atoms with Gasteiger partial charge in [-0.25, -0.2) is 4.98 Å². The summed E-state index contributed by atoms with van der Waals surface area (Å²) in [5, 5.41) is 9.32. The first-order chi connectivity index (χ1) is 8.31. The van der Waals surface area contributed by atoms with Crippen LogP contribution in [0.1, 0.15) is 19.2 Å². The van der Waals surface area contributed by atoms with Crippen molar-refractivity contribution in [3.8, 4) is 0 Å². The second-order valence-electron chi connectivity index (χ2n) is 3.81. The molecule has 0 aromatic carbocycles. The number of hydrogen-bond donors (Lipinski definition) is 0. The summed E-state index contributed by atoms with van der Waals surface area (Å²) in [6.07, 6.45) is 7.68. The maximum Gasteiger partial charge on any atom is 0.190 e. The average Bonchev–Trinajstić information content (AvgIpc) is 2.95. The van der Waals surface area contributed by atoms with Gasteiger partial charge in [0.15, 0.2) is 5.16 Å². The van der Waals surface area contributed by atoms with Crippen LogP contribution >= 0.6 is 11.8 Å². The van der Waals surface area contributed by atoms with Crippen LogP contribution in [0.4, 0.5) is 0 Å². The summed E-state index contributed by atoms with van der Waals surface area (Å²) in [5.41, 5.74) is 0. The molecule has 0 saturated carbocycles. The molecular formula is C11H17N5S. The van der Waals surface area contributed by atoms with E-state index in [-0.39, 0.29) is 0 Å². The minimum absolute atomic E-state index is 0.930. The van der Waals surface area contributed by atoms with Gasteiger partial charge in [-0.15, -0.1) is 10.2 Å². The van der Waals surface area contributed by atoms with E-state index in [4.69, 9.17) is 0 Å². The van der Waals surface area contributed by atoms with E-state index < -0.39 is 0 Å². The molecule has 0 aliphatic heterocycles. The molecule has 92 valence electrons. The predicted octanol–water partition coefficient (Wildman–Crippen LogP) is 1.76. The molecule has 0 fully saturated rings. The van der Waals surface area contributed by atoms with Crippen molar-refractivity contribution in [2.24, 2.45) is 7.05 Å². The van der Waals surface area contributed by atoms with Crippen molar-refractivity contribution >= 4 is 11.8 Å². The zero-order chi connectivity index (χ0) is 12.1. The van der Waals surface area contributed by atoms with Gasteiger partial charge in [0.05, 0.1) is 6.33 Å². The largest absolute Gasteiger partial charge is 0.337 e. The highest BCUT2D eigenvalue weighted by Crippen LogP contribution is 2.16. The zero-order valence-corrected chi connectivity index (χ0v) is 11.0. The van der Waals surface area contributed by atoms with Crippen molar-refractivity contribution < 1.29 is 0 Å². The third-order valence-corrected chi connectivity index (χ3v) is 3.70. The summed E-state index contributed by atoms with van der Waals surface area (Å²) in [7, 11) is 2.02. The molecule has 0 spiro atoms. The fourth-order valence-electron chi connectivity index (χ4n) is 1.61. The molecule has 17 heavy (non-hydrogen) atoms. The molecule has 0 amide bonds. The van der Waals surface area contributed by atoms with Gasteiger partial charge in [-0.05, 0) is 6.42 Å². The first kappa shape index (κ1) is 12.2. The first-order valence-corrected chi connectivity index (χ1v) is 6.76. The highest BCUT2D eigenvalue weighted by Gasteiger charge is 2.06. The van der Waals surface area contributed by atoms with Crippen LogP contribution in [0, 0.1) is 0 Å². The monoisotopic (exact) mass is 251 g/mol. The molecular weight excluding hydrogens is 234 g/mol. The minimum Gasteiger partial charge on any atom is -0.337 e. The van der Waals surface area contributed by atoms with E-state index in [1.54, 1.807) is 11.8 Å². The Balaban J connectivity index is 1.76. The van der Waals surface area contributed by atoms with Gasteiger partial charge < -0.3 is 9.13 Å². The summed E-state index contributed by atoms with van der Waals surface area (Å²) in [5.74, 6) is 2.09. The topological polar surface area (TPSA) is 48.5 Å². The van der Waals surface area contributed by atoms with Crippen LogP contribution in [0.2, 0.25) is 0 Å². The van der Waals surface area contributed by atoms with Gasteiger partial charge in [0.2, 0.25) is 0 Å². The average molecular weight is 251 g/mol. The molecule has 2 aromatic heterocycles. The molecule has 0 saturated heterocycles. The lowest BCUT2D eigenvalue weighted by molar-refractivity contribution is 0.681. The van der Waals surface area contributed by atoms with Crippen LogP contribution in [0.3, 0.4) is 0 Å². The predicted molar refractivity (Wildman–Crippen MR) is 67.9 cm³/mol. The Morgan fingerprint density at radius 3 is 2.88 bits per heavy atom. The van der Waals surface area contributed by atoms with E-state index in [1.807, 2.05) is 25.8 Å². The Hall–Kier alpha value is -1.30. The highest BCUT2D eigenvalue weighted by atomic mass is 32.2. The van der Waals surface area contributed by atoms with Crippen molar-refractivity contribution in [1.82, 2.24) is 24.3 Å². The number of aryl methyl sites for hydroxylation is 2. The second-order valence-corrected chi connectivity index (χ2v) is 4.88. The smallest absolute Gasteiger partial charge is 0.190 e. The van der Waals surface area contributed by atoms with E-state index in [2.05, 4.69) is 31.2 Å². The van der Waals surface area contributed by atoms with Gasteiger partial charge in [0, 0.05) is 38.2 Å². The molecule has 0 radical (unpaired) electrons. The van der Waals surface area contributed by atoms with Gasteiger partial charge >= 0.3 is 0 Å². The van der Waals surface area contributed by atoms with E-state index in [1.165, 1.54) is 0 Å². The SMILES string of the molecule is CCc1nnc(SCCCn2ccnc2)n1C. The van der Waals surface area contributed by atoms with Gasteiger partial charge in [0.25, 0.3) is 0 Å². The number of rotatable bonds is 6. The van der Waals surface area contributed by atoms with Crippen molar-refractivity contribution in [1.29, 1.82) is 0 Å². The van der Waals surface area contributed by atoms with Crippen LogP contribution in [-0.2, 0) is 20.0 Å². The number of hydrogen-bond acceptors (Lipinski definition) is 4. The van der Waals surface area contributed by atoms with Crippen LogP contribution in [-0.4, -0.2) is 30.1 Å². The Labute approximate surface area is 105 Å². The summed E-state index contributed by atoms with van der Waals surface area (Å²) in [6.45, 7) is 3.10. The first-order valence-electron chi connectivity index (χ1n) is 5.78. The molecule has 2 heterocycles. The zero-order valence-electron chi connectivity index (χ0n) is 10.2. The van der Waals surface area contributed by atoms with Crippen LogP contribution in [0.25, 0.3) is 0 Å². The normalized spacial score (nSPS) is 10.9. The Morgan fingerprint density at radius 1 is 1.35 bits per heavy atom. The maximum absolute atomic E-state index is 4.18. The Bertz CT molecular complexity index is 448. The van der Waals surface area contributed by atoms with Crippen molar-refractivity contribution in [3.05, 3.63) is 24.5 Å². The van der Waals surface area contributed by atoms with Crippen molar-refractivity contribution in [2.75, 3.05) is 5.75 Å². The van der Waals surface area contributed by atoms with Crippen molar-refractivity contribution in [2.45, 2.75) is 31.5 Å². The fourth-order valence-corrected chi connectivity index (χ4v) is 2.46. The van der Waals surface area contributed by atoms with E-state index >= 15 is 0 Å². The summed E-state index contributed by atoms with van der Waals surface area (Å²) in [6, 6.07) is 0. The molecule has 0 aliphatic rings. The number of nitrogens with zero attached hydrogens (tertiary/aromatic N) is 5. The minimum atomic E-state index is 0.930. The van der Waals surface area contributed by atoms with E-state index in [9.17, 15) is 0 Å². The van der Waals surface area contributed by atoms with E-state index in [0.717, 1.165) is 36.1 Å². The van der Waals surface area contributed by atoms with Gasteiger partial charge in [-0.1, -0.05) is 18.7 Å². The van der Waals surface area contributed by atoms with Crippen LogP contribution in [0.5, 0.6) is 0 Å². The standard InChI is InChI=1S/C11H17N5S/c1-3-10-13-14-11(15(10)2)17-8-4-6-16-7-5-12-9-16/h5,7,9H,3-4,6,8H2,1-2H3. The van der Waals surface area contributed by atoms with Crippen LogP contribution < -0.4 is 0 Å². The van der Waals surface area contributed by atoms with Crippen LogP contribution in [0.15, 0.2) is 23.9 Å². The summed E-state index contributed by atoms with van der Waals surface area (Å²) in [4.78, 5) is 4.02. The molecule has 2 rings (SSSR count). The number of thioether (sulfide) groups is 1. The molecule has 6 heteroatoms. The second kappa shape index (κ2) is 5.86. The lowest BCUT2D eigenvalue weighted by Crippen LogP contribution is -1.99. The Kier molecular flexibility index (Phi) is 4.19. The number of imidazole rings is 1. The third kappa shape index (κ3) is 3.09. The van der Waals surface area contributed by atoms with E-state index in [0.29, 0.717) is 0 Å². The molecule has 0 bridgehead atoms. The van der Waals surface area contributed by atoms with Gasteiger partial charge in [-0.3, -0.25) is 0 Å². The van der Waals surface area contributed by atoms with Crippen molar-refractivity contribution in [3.63, 3.8) is 0 Å². The molecule has 5 nitrogen and oxygen atoms in total. The molecule has 0 aliphatic carbocycles. The number of aromatic nitrogens is 5. The molecule has 0 N–H and O–H groups in total. The summed E-state index contributed by atoms with van der Waals surface area (Å²) >= 11 is 1.76. The molecule has 2 aromatic rings. The fraction of sp³-hybridized carbons (Fsp3) is 0.545. The Morgan fingerprint density at radius 2 is 2.24 bits per heavy atom. The lowest BCUT2D eigenvalue weighted by atomic mass is 10.5. The third-order valence-electron chi connectivity index (χ3n) is 2.59. The van der Waals surface area contributed by atoms with Gasteiger partial charge in [-0.2, -0.15) is 0 Å².